The number of carbonyl (C=O) groups is 15. The molecule has 40 heteroatoms. The fraction of sp³-hybridized carbons (Fsp3) is 0.261. The third kappa shape index (κ3) is 37.7. The van der Waals surface area contributed by atoms with Gasteiger partial charge in [-0.15, -0.1) is 0 Å². The second-order valence-corrected chi connectivity index (χ2v) is 22.8. The van der Waals surface area contributed by atoms with E-state index in [0.717, 1.165) is 29.4 Å². The number of hydrogen-bond acceptors (Lipinski definition) is 36. The first-order valence-corrected chi connectivity index (χ1v) is 30.4. The van der Waals surface area contributed by atoms with Crippen LogP contribution in [0.2, 0.25) is 0 Å². The van der Waals surface area contributed by atoms with Crippen molar-refractivity contribution in [3.05, 3.63) is 194 Å². The average Bonchev–Trinajstić information content (AvgIpc) is 0.816. The van der Waals surface area contributed by atoms with Gasteiger partial charge in [0.25, 0.3) is 0 Å². The van der Waals surface area contributed by atoms with Crippen LogP contribution in [0.5, 0.6) is 17.2 Å². The molecule has 0 radical (unpaired) electrons. The smallest absolute Gasteiger partial charge is 0.549 e. The molecule has 36 nitrogen and oxygen atoms in total. The summed E-state index contributed by atoms with van der Waals surface area (Å²) in [6.45, 7) is -12.8. The van der Waals surface area contributed by atoms with E-state index in [4.69, 9.17) is 0 Å². The van der Waals surface area contributed by atoms with E-state index in [1.807, 2.05) is 0 Å². The van der Waals surface area contributed by atoms with Gasteiger partial charge in [0.05, 0.1) is 71.6 Å². The summed E-state index contributed by atoms with van der Waals surface area (Å²) in [5, 5.41) is 165. The van der Waals surface area contributed by atoms with Crippen molar-refractivity contribution in [3.63, 3.8) is 0 Å². The SMILES string of the molecule is O=C([O-])CN(CC(=O)[O-])Cc1cc(C(=O)c2ccccc2)cc(CN(CC(=O)[O-])CC(=O)[O-])c1O.O=C([O-])CN(CC(=O)[O-])Cc1cc(C(=O)c2ccccc2)cc(CN(CC(=O)[O-])CC(=O)[O-])c1O.O=C([O-])CN(CC(=O)[O-])Cc1cc(C(=O)c2ccccc2)cc(CN(CC(=O)[O-])CC(=O)[O-])c1O.[Tb+3].[Tb+3].[Tb+3].[Tb+3]. The van der Waals surface area contributed by atoms with Crippen LogP contribution in [-0.4, -0.2) is 212 Å². The molecule has 0 bridgehead atoms. The third-order valence-corrected chi connectivity index (χ3v) is 14.3. The first kappa shape index (κ1) is 101. The van der Waals surface area contributed by atoms with E-state index in [0.29, 0.717) is 0 Å². The summed E-state index contributed by atoms with van der Waals surface area (Å²) in [7, 11) is 0. The normalized spacial score (nSPS) is 10.5. The maximum atomic E-state index is 13.0. The summed E-state index contributed by atoms with van der Waals surface area (Å²) in [4.78, 5) is 177. The summed E-state index contributed by atoms with van der Waals surface area (Å²) in [6.07, 6.45) is 0. The molecule has 0 aromatic heterocycles. The molecule has 0 aliphatic carbocycles. The molecule has 6 aromatic carbocycles. The van der Waals surface area contributed by atoms with E-state index >= 15 is 0 Å². The van der Waals surface area contributed by atoms with Crippen LogP contribution in [0.1, 0.15) is 81.1 Å². The van der Waals surface area contributed by atoms with Crippen LogP contribution in [0, 0.1) is 154 Å². The van der Waals surface area contributed by atoms with Crippen LogP contribution in [0.25, 0.3) is 0 Å². The zero-order chi connectivity index (χ0) is 78.4. The molecule has 0 heterocycles. The minimum Gasteiger partial charge on any atom is -0.549 e. The van der Waals surface area contributed by atoms with Gasteiger partial charge in [-0.3, -0.25) is 43.8 Å². The van der Waals surface area contributed by atoms with Gasteiger partial charge < -0.3 is 134 Å². The predicted octanol–water partition coefficient (Wildman–Crippen LogP) is -14.3. The summed E-state index contributed by atoms with van der Waals surface area (Å²) >= 11 is 0. The number of aliphatic carboxylic acids is 12. The molecular weight excluding hydrogens is 2030 g/mol. The van der Waals surface area contributed by atoms with Crippen LogP contribution >= 0.6 is 0 Å². The number of carboxylic acids is 12. The number of nitrogens with zero attached hydrogens (tertiary/aromatic N) is 6. The van der Waals surface area contributed by atoms with E-state index < -0.39 is 224 Å². The average molecular weight is 2090 g/mol. The summed E-state index contributed by atoms with van der Waals surface area (Å²) in [6, 6.07) is 31.2. The van der Waals surface area contributed by atoms with Crippen LogP contribution < -0.4 is 61.3 Å². The molecule has 0 saturated carbocycles. The quantitative estimate of drug-likeness (QED) is 0.0300. The van der Waals surface area contributed by atoms with Crippen LogP contribution in [0.4, 0.5) is 0 Å². The van der Waals surface area contributed by atoms with E-state index in [9.17, 15) is 149 Å². The predicted molar refractivity (Wildman–Crippen MR) is 326 cm³/mol. The van der Waals surface area contributed by atoms with E-state index in [1.54, 1.807) is 54.6 Å². The molecule has 0 unspecified atom stereocenters. The number of ketones is 3. The van der Waals surface area contributed by atoms with Crippen molar-refractivity contribution in [2.45, 2.75) is 39.3 Å². The Morgan fingerprint density at radius 1 is 0.211 bits per heavy atom. The van der Waals surface area contributed by atoms with Gasteiger partial charge in [-0.2, -0.15) is 0 Å². The van der Waals surface area contributed by atoms with Crippen LogP contribution in [-0.2, 0) is 96.8 Å². The fourth-order valence-corrected chi connectivity index (χ4v) is 10.3. The second-order valence-electron chi connectivity index (χ2n) is 22.8. The molecule has 0 aliphatic rings. The number of aromatic hydroxyl groups is 3. The number of phenolic OH excluding ortho intramolecular Hbond substituents is 3. The molecule has 6 rings (SSSR count). The standard InChI is InChI=1S/3C23H24N2O10.4Tb/c3*26-18(27)10-24(11-19(28)29)8-16-6-15(22(34)14-4-2-1-3-5-14)7-17(23(16)35)9-25(12-20(30)31)13-21(32)33;;;;/h3*1-7,35H,8-13H2,(H,26,27)(H,28,29)(H,30,31)(H,32,33);;;;/q;;;4*+3/p-12. The summed E-state index contributed by atoms with van der Waals surface area (Å²) in [5.74, 6) is -22.3. The number of carbonyl (C=O) groups excluding carboxylic acids is 15. The van der Waals surface area contributed by atoms with Crippen molar-refractivity contribution >= 4 is 89.0 Å². The molecular formula is C69H60N6O30Tb4. The monoisotopic (exact) mass is 2090 g/mol. The first-order chi connectivity index (χ1) is 49.4. The number of benzene rings is 6. The molecule has 0 amide bonds. The number of carboxylic acid groups (broad SMARTS) is 12. The Kier molecular flexibility index (Phi) is 47.3. The topological polar surface area (TPSA) is 613 Å². The Morgan fingerprint density at radius 3 is 0.440 bits per heavy atom. The molecule has 582 valence electrons. The Balaban J connectivity index is 0.00000158. The van der Waals surface area contributed by atoms with Crippen LogP contribution in [0.15, 0.2) is 127 Å². The molecule has 0 fully saturated rings. The number of phenols is 3. The fourth-order valence-electron chi connectivity index (χ4n) is 10.3. The van der Waals surface area contributed by atoms with Gasteiger partial charge in [0.15, 0.2) is 17.3 Å². The second kappa shape index (κ2) is 50.9. The molecule has 0 aliphatic heterocycles. The Morgan fingerprint density at radius 2 is 0.330 bits per heavy atom. The molecule has 3 N–H and O–H groups in total. The first-order valence-electron chi connectivity index (χ1n) is 30.4. The maximum Gasteiger partial charge on any atom is 3.00 e. The van der Waals surface area contributed by atoms with Crippen molar-refractivity contribution in [2.75, 3.05) is 78.5 Å². The van der Waals surface area contributed by atoms with Gasteiger partial charge in [0.1, 0.15) is 17.2 Å². The van der Waals surface area contributed by atoms with Gasteiger partial charge >= 0.3 is 154 Å². The molecule has 109 heavy (non-hydrogen) atoms. The zero-order valence-corrected chi connectivity index (χ0v) is 64.8. The van der Waals surface area contributed by atoms with Gasteiger partial charge in [-0.05, 0) is 36.4 Å². The molecule has 0 atom stereocenters. The largest absolute Gasteiger partial charge is 3.00 e. The van der Waals surface area contributed by atoms with E-state index in [-0.39, 0.29) is 221 Å². The number of rotatable bonds is 42. The van der Waals surface area contributed by atoms with E-state index in [1.165, 1.54) is 72.8 Å². The van der Waals surface area contributed by atoms with Crippen molar-refractivity contribution in [1.82, 2.24) is 29.4 Å². The van der Waals surface area contributed by atoms with Gasteiger partial charge in [-0.25, -0.2) is 0 Å². The molecule has 0 spiro atoms. The van der Waals surface area contributed by atoms with Crippen molar-refractivity contribution in [2.24, 2.45) is 0 Å². The minimum atomic E-state index is -1.60. The number of hydrogen-bond donors (Lipinski definition) is 3. The Labute approximate surface area is 741 Å². The van der Waals surface area contributed by atoms with Gasteiger partial charge in [0, 0.05) is 185 Å². The zero-order valence-electron chi connectivity index (χ0n) is 56.2. The minimum absolute atomic E-state index is 0. The Bertz CT molecular complexity index is 3520. The Hall–Kier alpha value is -7.73. The van der Waals surface area contributed by atoms with Crippen molar-refractivity contribution in [3.8, 4) is 17.2 Å². The summed E-state index contributed by atoms with van der Waals surface area (Å²) < 4.78 is 0. The third-order valence-electron chi connectivity index (χ3n) is 14.3. The molecule has 6 aromatic rings. The van der Waals surface area contributed by atoms with E-state index in [2.05, 4.69) is 0 Å². The van der Waals surface area contributed by atoms with Crippen LogP contribution in [0.3, 0.4) is 0 Å². The van der Waals surface area contributed by atoms with Gasteiger partial charge in [0.2, 0.25) is 0 Å². The van der Waals surface area contributed by atoms with Gasteiger partial charge in [-0.1, -0.05) is 91.0 Å². The van der Waals surface area contributed by atoms with Crippen molar-refractivity contribution in [1.29, 1.82) is 0 Å². The summed E-state index contributed by atoms with van der Waals surface area (Å²) in [5.41, 5.74) is 0.410. The molecule has 0 saturated heterocycles. The maximum absolute atomic E-state index is 13.0. The van der Waals surface area contributed by atoms with Crippen molar-refractivity contribution < 1.29 is 303 Å².